The number of carbonyl (C=O) groups is 1. The first-order valence-corrected chi connectivity index (χ1v) is 8.48. The zero-order chi connectivity index (χ0) is 16.2. The number of benzene rings is 1. The lowest BCUT2D eigenvalue weighted by molar-refractivity contribution is -0.116. The molecule has 0 radical (unpaired) electrons. The Morgan fingerprint density at radius 2 is 2.26 bits per heavy atom. The molecule has 23 heavy (non-hydrogen) atoms. The number of para-hydroxylation sites is 1. The SMILES string of the molecule is CC(c1cc2ccccc2[nH]1)N(C)CCC(=O)Nc1nccs1. The number of fused-ring (bicyclic) bond motifs is 1. The van der Waals surface area contributed by atoms with Crippen LogP contribution >= 0.6 is 11.3 Å². The van der Waals surface area contributed by atoms with Crippen molar-refractivity contribution in [3.8, 4) is 0 Å². The van der Waals surface area contributed by atoms with E-state index < -0.39 is 0 Å². The van der Waals surface area contributed by atoms with E-state index in [4.69, 9.17) is 0 Å². The minimum atomic E-state index is -0.00403. The highest BCUT2D eigenvalue weighted by atomic mass is 32.1. The second-order valence-corrected chi connectivity index (χ2v) is 6.50. The summed E-state index contributed by atoms with van der Waals surface area (Å²) in [5.41, 5.74) is 2.30. The van der Waals surface area contributed by atoms with E-state index in [1.54, 1.807) is 6.20 Å². The molecule has 6 heteroatoms. The molecule has 1 amide bonds. The number of hydrogen-bond donors (Lipinski definition) is 2. The van der Waals surface area contributed by atoms with E-state index in [2.05, 4.69) is 45.3 Å². The largest absolute Gasteiger partial charge is 0.357 e. The predicted molar refractivity (Wildman–Crippen MR) is 94.7 cm³/mol. The molecule has 0 aliphatic heterocycles. The van der Waals surface area contributed by atoms with Gasteiger partial charge in [-0.3, -0.25) is 9.69 Å². The van der Waals surface area contributed by atoms with Gasteiger partial charge >= 0.3 is 0 Å². The number of hydrogen-bond acceptors (Lipinski definition) is 4. The van der Waals surface area contributed by atoms with Crippen LogP contribution in [0.1, 0.15) is 25.1 Å². The molecule has 0 fully saturated rings. The highest BCUT2D eigenvalue weighted by Crippen LogP contribution is 2.23. The van der Waals surface area contributed by atoms with Crippen LogP contribution in [0.3, 0.4) is 0 Å². The molecule has 0 saturated heterocycles. The van der Waals surface area contributed by atoms with Crippen LogP contribution in [0.2, 0.25) is 0 Å². The van der Waals surface area contributed by atoms with Crippen LogP contribution in [-0.4, -0.2) is 34.4 Å². The van der Waals surface area contributed by atoms with Crippen LogP contribution in [-0.2, 0) is 4.79 Å². The minimum absolute atomic E-state index is 0.00403. The van der Waals surface area contributed by atoms with Crippen molar-refractivity contribution in [3.05, 3.63) is 47.6 Å². The van der Waals surface area contributed by atoms with Gasteiger partial charge in [-0.05, 0) is 31.5 Å². The Bertz CT molecular complexity index is 748. The van der Waals surface area contributed by atoms with Crippen LogP contribution in [0.4, 0.5) is 5.13 Å². The normalized spacial score (nSPS) is 12.7. The average molecular weight is 328 g/mol. The van der Waals surface area contributed by atoms with Gasteiger partial charge in [0.05, 0.1) is 0 Å². The Morgan fingerprint density at radius 1 is 1.43 bits per heavy atom. The van der Waals surface area contributed by atoms with Crippen LogP contribution in [0, 0.1) is 0 Å². The highest BCUT2D eigenvalue weighted by molar-refractivity contribution is 7.13. The summed E-state index contributed by atoms with van der Waals surface area (Å²) in [7, 11) is 2.03. The van der Waals surface area contributed by atoms with Crippen LogP contribution in [0.25, 0.3) is 10.9 Å². The van der Waals surface area contributed by atoms with Gasteiger partial charge < -0.3 is 10.3 Å². The number of H-pyrrole nitrogens is 1. The third-order valence-electron chi connectivity index (χ3n) is 4.03. The van der Waals surface area contributed by atoms with Crippen molar-refractivity contribution in [2.75, 3.05) is 18.9 Å². The summed E-state index contributed by atoms with van der Waals surface area (Å²) < 4.78 is 0. The van der Waals surface area contributed by atoms with E-state index >= 15 is 0 Å². The second-order valence-electron chi connectivity index (χ2n) is 5.60. The van der Waals surface area contributed by atoms with Gasteiger partial charge in [0.15, 0.2) is 5.13 Å². The zero-order valence-corrected chi connectivity index (χ0v) is 14.1. The summed E-state index contributed by atoms with van der Waals surface area (Å²) in [6.07, 6.45) is 2.13. The van der Waals surface area contributed by atoms with Gasteiger partial charge in [0, 0.05) is 41.8 Å². The number of amides is 1. The average Bonchev–Trinajstić information content (AvgIpc) is 3.20. The molecule has 0 spiro atoms. The number of carbonyl (C=O) groups excluding carboxylic acids is 1. The van der Waals surface area contributed by atoms with E-state index in [0.29, 0.717) is 18.1 Å². The lowest BCUT2D eigenvalue weighted by Gasteiger charge is -2.23. The zero-order valence-electron chi connectivity index (χ0n) is 13.2. The van der Waals surface area contributed by atoms with Gasteiger partial charge in [0.2, 0.25) is 5.91 Å². The van der Waals surface area contributed by atoms with Gasteiger partial charge in [0.25, 0.3) is 0 Å². The van der Waals surface area contributed by atoms with Gasteiger partial charge in [-0.25, -0.2) is 4.98 Å². The highest BCUT2D eigenvalue weighted by Gasteiger charge is 2.15. The van der Waals surface area contributed by atoms with Gasteiger partial charge in [0.1, 0.15) is 0 Å². The fraction of sp³-hybridized carbons (Fsp3) is 0.294. The summed E-state index contributed by atoms with van der Waals surface area (Å²) in [4.78, 5) is 21.6. The maximum absolute atomic E-state index is 11.9. The first kappa shape index (κ1) is 15.7. The molecular weight excluding hydrogens is 308 g/mol. The number of nitrogens with one attached hydrogen (secondary N) is 2. The Labute approximate surface area is 139 Å². The van der Waals surface area contributed by atoms with E-state index in [1.165, 1.54) is 16.7 Å². The molecule has 3 rings (SSSR count). The van der Waals surface area contributed by atoms with E-state index in [-0.39, 0.29) is 11.9 Å². The van der Waals surface area contributed by atoms with E-state index in [0.717, 1.165) is 11.2 Å². The Kier molecular flexibility index (Phi) is 4.73. The van der Waals surface area contributed by atoms with Crippen LogP contribution < -0.4 is 5.32 Å². The summed E-state index contributed by atoms with van der Waals surface area (Å²) >= 11 is 1.43. The van der Waals surface area contributed by atoms with Crippen molar-refractivity contribution in [2.45, 2.75) is 19.4 Å². The van der Waals surface area contributed by atoms with Gasteiger partial charge in [-0.15, -0.1) is 11.3 Å². The number of anilines is 1. The summed E-state index contributed by atoms with van der Waals surface area (Å²) in [5.74, 6) is -0.00403. The molecule has 5 nitrogen and oxygen atoms in total. The number of rotatable bonds is 6. The van der Waals surface area contributed by atoms with Crippen molar-refractivity contribution < 1.29 is 4.79 Å². The summed E-state index contributed by atoms with van der Waals surface area (Å²) in [5, 5.41) is 6.52. The molecule has 0 aliphatic carbocycles. The van der Waals surface area contributed by atoms with Crippen molar-refractivity contribution in [1.82, 2.24) is 14.9 Å². The lowest BCUT2D eigenvalue weighted by atomic mass is 10.2. The Balaban J connectivity index is 1.56. The molecule has 0 saturated carbocycles. The topological polar surface area (TPSA) is 61.0 Å². The number of aromatic nitrogens is 2. The number of thiazole rings is 1. The maximum atomic E-state index is 11.9. The van der Waals surface area contributed by atoms with E-state index in [1.807, 2.05) is 24.6 Å². The molecule has 120 valence electrons. The van der Waals surface area contributed by atoms with Gasteiger partial charge in [-0.2, -0.15) is 0 Å². The maximum Gasteiger partial charge on any atom is 0.227 e. The quantitative estimate of drug-likeness (QED) is 0.726. The second kappa shape index (κ2) is 6.93. The van der Waals surface area contributed by atoms with Crippen LogP contribution in [0.15, 0.2) is 41.9 Å². The Morgan fingerprint density at radius 3 is 3.00 bits per heavy atom. The third kappa shape index (κ3) is 3.78. The molecule has 0 bridgehead atoms. The molecule has 2 heterocycles. The minimum Gasteiger partial charge on any atom is -0.357 e. The molecule has 1 aromatic carbocycles. The monoisotopic (exact) mass is 328 g/mol. The first-order valence-electron chi connectivity index (χ1n) is 7.61. The predicted octanol–water partition coefficient (Wildman–Crippen LogP) is 3.65. The van der Waals surface area contributed by atoms with Crippen LogP contribution in [0.5, 0.6) is 0 Å². The fourth-order valence-electron chi connectivity index (χ4n) is 2.50. The number of aromatic amines is 1. The standard InChI is InChI=1S/C17H20N4OS/c1-12(15-11-13-5-3-4-6-14(13)19-15)21(2)9-7-16(22)20-17-18-8-10-23-17/h3-6,8,10-12,19H,7,9H2,1-2H3,(H,18,20,22). The smallest absolute Gasteiger partial charge is 0.227 e. The molecular formula is C17H20N4OS. The summed E-state index contributed by atoms with van der Waals surface area (Å²) in [6, 6.07) is 10.6. The molecule has 3 aromatic rings. The van der Waals surface area contributed by atoms with Crippen molar-refractivity contribution >= 4 is 33.3 Å². The fourth-order valence-corrected chi connectivity index (χ4v) is 3.04. The molecule has 2 N–H and O–H groups in total. The third-order valence-corrected chi connectivity index (χ3v) is 4.72. The van der Waals surface area contributed by atoms with Crippen molar-refractivity contribution in [3.63, 3.8) is 0 Å². The van der Waals surface area contributed by atoms with Gasteiger partial charge in [-0.1, -0.05) is 18.2 Å². The molecule has 1 unspecified atom stereocenters. The van der Waals surface area contributed by atoms with Crippen molar-refractivity contribution in [1.29, 1.82) is 0 Å². The molecule has 1 atom stereocenters. The molecule has 0 aliphatic rings. The molecule has 2 aromatic heterocycles. The first-order chi connectivity index (χ1) is 11.1. The summed E-state index contributed by atoms with van der Waals surface area (Å²) in [6.45, 7) is 2.83. The Hall–Kier alpha value is -2.18. The van der Waals surface area contributed by atoms with Crippen molar-refractivity contribution in [2.24, 2.45) is 0 Å². The van der Waals surface area contributed by atoms with E-state index in [9.17, 15) is 4.79 Å². The number of nitrogens with zero attached hydrogens (tertiary/aromatic N) is 2. The lowest BCUT2D eigenvalue weighted by Crippen LogP contribution is -2.27.